The molecule has 0 radical (unpaired) electrons. The van der Waals surface area contributed by atoms with Crippen molar-refractivity contribution >= 4 is 5.69 Å². The lowest BCUT2D eigenvalue weighted by Gasteiger charge is -2.02. The second-order valence-electron chi connectivity index (χ2n) is 4.76. The van der Waals surface area contributed by atoms with Gasteiger partial charge in [0.05, 0.1) is 4.92 Å². The Kier molecular flexibility index (Phi) is 3.88. The van der Waals surface area contributed by atoms with Gasteiger partial charge in [-0.05, 0) is 17.7 Å². The fraction of sp³-hybridized carbons (Fsp3) is 0.0667. The molecule has 0 fully saturated rings. The molecule has 8 heteroatoms. The average Bonchev–Trinajstić information content (AvgIpc) is 2.58. The van der Waals surface area contributed by atoms with Gasteiger partial charge in [-0.25, -0.2) is 0 Å². The molecule has 0 unspecified atom stereocenters. The summed E-state index contributed by atoms with van der Waals surface area (Å²) in [6.07, 6.45) is 1.84. The minimum absolute atomic E-state index is 0.000700. The molecule has 0 bridgehead atoms. The third-order valence-electron chi connectivity index (χ3n) is 3.19. The Bertz CT molecular complexity index is 891. The zero-order valence-electron chi connectivity index (χ0n) is 11.8. The Morgan fingerprint density at radius 2 is 1.87 bits per heavy atom. The van der Waals surface area contributed by atoms with Crippen LogP contribution in [-0.2, 0) is 6.42 Å². The molecule has 0 saturated carbocycles. The lowest BCUT2D eigenvalue weighted by molar-refractivity contribution is -0.384. The minimum atomic E-state index is -0.474. The summed E-state index contributed by atoms with van der Waals surface area (Å²) in [7, 11) is 0. The fourth-order valence-corrected chi connectivity index (χ4v) is 2.02. The van der Waals surface area contributed by atoms with Gasteiger partial charge in [0, 0.05) is 24.8 Å². The first-order valence-electron chi connectivity index (χ1n) is 6.74. The van der Waals surface area contributed by atoms with E-state index >= 15 is 0 Å². The number of aromatic nitrogens is 4. The highest BCUT2D eigenvalue weighted by Gasteiger charge is 2.09. The molecule has 2 heterocycles. The van der Waals surface area contributed by atoms with Gasteiger partial charge in [0.15, 0.2) is 5.82 Å². The van der Waals surface area contributed by atoms with Crippen LogP contribution in [0.25, 0.3) is 11.5 Å². The number of rotatable bonds is 4. The Balaban J connectivity index is 1.84. The maximum atomic E-state index is 12.1. The third-order valence-corrected chi connectivity index (χ3v) is 3.19. The Morgan fingerprint density at radius 3 is 2.48 bits per heavy atom. The normalized spacial score (nSPS) is 10.4. The molecule has 0 atom stereocenters. The number of aromatic amines is 1. The predicted octanol–water partition coefficient (Wildman–Crippen LogP) is 1.73. The van der Waals surface area contributed by atoms with Crippen LogP contribution in [0.4, 0.5) is 5.69 Å². The van der Waals surface area contributed by atoms with E-state index in [9.17, 15) is 14.9 Å². The van der Waals surface area contributed by atoms with E-state index in [1.54, 1.807) is 36.5 Å². The molecular formula is C15H11N5O3. The van der Waals surface area contributed by atoms with Crippen molar-refractivity contribution in [3.05, 3.63) is 80.4 Å². The average molecular weight is 309 g/mol. The second-order valence-corrected chi connectivity index (χ2v) is 4.76. The number of nitrogens with one attached hydrogen (secondary N) is 1. The molecule has 3 aromatic rings. The van der Waals surface area contributed by atoms with Crippen LogP contribution in [0.15, 0.2) is 53.5 Å². The summed E-state index contributed by atoms with van der Waals surface area (Å²) >= 11 is 0. The first-order chi connectivity index (χ1) is 11.1. The van der Waals surface area contributed by atoms with E-state index in [1.165, 1.54) is 12.1 Å². The van der Waals surface area contributed by atoms with Gasteiger partial charge in [0.1, 0.15) is 11.4 Å². The van der Waals surface area contributed by atoms with Crippen molar-refractivity contribution < 1.29 is 4.92 Å². The highest BCUT2D eigenvalue weighted by atomic mass is 16.6. The molecule has 23 heavy (non-hydrogen) atoms. The molecule has 114 valence electrons. The number of benzene rings is 1. The maximum absolute atomic E-state index is 12.1. The van der Waals surface area contributed by atoms with Crippen LogP contribution >= 0.6 is 0 Å². The molecule has 0 amide bonds. The molecule has 1 N–H and O–H groups in total. The van der Waals surface area contributed by atoms with Crippen molar-refractivity contribution in [2.45, 2.75) is 6.42 Å². The summed E-state index contributed by atoms with van der Waals surface area (Å²) in [5, 5.41) is 18.5. The van der Waals surface area contributed by atoms with Crippen LogP contribution < -0.4 is 5.56 Å². The Labute approximate surface area is 130 Å². The minimum Gasteiger partial charge on any atom is -0.302 e. The zero-order valence-corrected chi connectivity index (χ0v) is 11.8. The predicted molar refractivity (Wildman–Crippen MR) is 81.8 cm³/mol. The van der Waals surface area contributed by atoms with Crippen molar-refractivity contribution in [2.75, 3.05) is 0 Å². The summed E-state index contributed by atoms with van der Waals surface area (Å²) in [6, 6.07) is 11.2. The molecule has 0 aliphatic carbocycles. The lowest BCUT2D eigenvalue weighted by Crippen LogP contribution is -2.18. The van der Waals surface area contributed by atoms with Crippen LogP contribution in [0.5, 0.6) is 0 Å². The molecule has 8 nitrogen and oxygen atoms in total. The number of pyridine rings is 1. The SMILES string of the molecule is O=c1[nH]c(-c2ccccn2)nnc1Cc1ccc([N+](=O)[O-])cc1. The zero-order chi connectivity index (χ0) is 16.2. The molecular weight excluding hydrogens is 298 g/mol. The number of nitrogens with zero attached hydrogens (tertiary/aromatic N) is 4. The molecule has 0 saturated heterocycles. The standard InChI is InChI=1S/C15H11N5O3/c21-15-13(9-10-4-6-11(7-5-10)20(22)23)18-19-14(17-15)12-3-1-2-8-16-12/h1-8H,9H2,(H,17,19,21). The maximum Gasteiger partial charge on any atom is 0.273 e. The molecule has 0 aliphatic heterocycles. The number of nitro groups is 1. The van der Waals surface area contributed by atoms with E-state index in [1.807, 2.05) is 0 Å². The molecule has 0 spiro atoms. The summed E-state index contributed by atoms with van der Waals surface area (Å²) in [4.78, 5) is 29.0. The topological polar surface area (TPSA) is 115 Å². The lowest BCUT2D eigenvalue weighted by atomic mass is 10.1. The van der Waals surface area contributed by atoms with Gasteiger partial charge in [-0.1, -0.05) is 18.2 Å². The summed E-state index contributed by atoms with van der Waals surface area (Å²) in [5.74, 6) is 0.294. The first kappa shape index (κ1) is 14.5. The first-order valence-corrected chi connectivity index (χ1v) is 6.74. The van der Waals surface area contributed by atoms with Gasteiger partial charge in [-0.15, -0.1) is 10.2 Å². The molecule has 3 rings (SSSR count). The van der Waals surface area contributed by atoms with Crippen molar-refractivity contribution in [1.29, 1.82) is 0 Å². The van der Waals surface area contributed by atoms with E-state index < -0.39 is 4.92 Å². The number of nitro benzene ring substituents is 1. The molecule has 1 aromatic carbocycles. The molecule has 0 aliphatic rings. The number of hydrogen-bond donors (Lipinski definition) is 1. The van der Waals surface area contributed by atoms with Crippen LogP contribution in [-0.4, -0.2) is 25.1 Å². The van der Waals surface area contributed by atoms with Crippen LogP contribution in [0, 0.1) is 10.1 Å². The van der Waals surface area contributed by atoms with Gasteiger partial charge >= 0.3 is 0 Å². The Morgan fingerprint density at radius 1 is 1.09 bits per heavy atom. The van der Waals surface area contributed by atoms with Crippen LogP contribution in [0.2, 0.25) is 0 Å². The van der Waals surface area contributed by atoms with Crippen LogP contribution in [0.1, 0.15) is 11.3 Å². The van der Waals surface area contributed by atoms with E-state index in [4.69, 9.17) is 0 Å². The van der Waals surface area contributed by atoms with Gasteiger partial charge in [-0.2, -0.15) is 0 Å². The van der Waals surface area contributed by atoms with Gasteiger partial charge < -0.3 is 4.98 Å². The summed E-state index contributed by atoms with van der Waals surface area (Å²) < 4.78 is 0. The van der Waals surface area contributed by atoms with Crippen molar-refractivity contribution in [2.24, 2.45) is 0 Å². The van der Waals surface area contributed by atoms with Crippen molar-refractivity contribution in [3.8, 4) is 11.5 Å². The second kappa shape index (κ2) is 6.14. The van der Waals surface area contributed by atoms with Crippen molar-refractivity contribution in [1.82, 2.24) is 20.2 Å². The number of H-pyrrole nitrogens is 1. The summed E-state index contributed by atoms with van der Waals surface area (Å²) in [6.45, 7) is 0. The third kappa shape index (κ3) is 3.26. The number of hydrogen-bond acceptors (Lipinski definition) is 6. The highest BCUT2D eigenvalue weighted by molar-refractivity contribution is 5.47. The van der Waals surface area contributed by atoms with Gasteiger partial charge in [0.2, 0.25) is 0 Å². The molecule has 2 aromatic heterocycles. The van der Waals surface area contributed by atoms with Gasteiger partial charge in [0.25, 0.3) is 11.2 Å². The van der Waals surface area contributed by atoms with Gasteiger partial charge in [-0.3, -0.25) is 19.9 Å². The Hall–Kier alpha value is -3.42. The summed E-state index contributed by atoms with van der Waals surface area (Å²) in [5.41, 5.74) is 1.14. The highest BCUT2D eigenvalue weighted by Crippen LogP contribution is 2.13. The van der Waals surface area contributed by atoms with E-state index in [-0.39, 0.29) is 23.4 Å². The smallest absolute Gasteiger partial charge is 0.273 e. The van der Waals surface area contributed by atoms with Crippen molar-refractivity contribution in [3.63, 3.8) is 0 Å². The number of non-ortho nitro benzene ring substituents is 1. The quantitative estimate of drug-likeness (QED) is 0.579. The fourth-order valence-electron chi connectivity index (χ4n) is 2.02. The van der Waals surface area contributed by atoms with E-state index in [2.05, 4.69) is 20.2 Å². The van der Waals surface area contributed by atoms with E-state index in [0.717, 1.165) is 5.56 Å². The largest absolute Gasteiger partial charge is 0.302 e. The monoisotopic (exact) mass is 309 g/mol. The van der Waals surface area contributed by atoms with E-state index in [0.29, 0.717) is 11.5 Å². The van der Waals surface area contributed by atoms with Crippen LogP contribution in [0.3, 0.4) is 0 Å².